The maximum Gasteiger partial charge on any atom is 0.227 e. The van der Waals surface area contributed by atoms with E-state index < -0.39 is 0 Å². The summed E-state index contributed by atoms with van der Waals surface area (Å²) < 4.78 is 13.7. The van der Waals surface area contributed by atoms with E-state index >= 15 is 0 Å². The molecule has 0 atom stereocenters. The van der Waals surface area contributed by atoms with Crippen LogP contribution < -0.4 is 5.32 Å². The Morgan fingerprint density at radius 1 is 1.03 bits per heavy atom. The van der Waals surface area contributed by atoms with E-state index in [0.717, 1.165) is 79.8 Å². The largest absolute Gasteiger partial charge is 0.353 e. The molecule has 182 valence electrons. The predicted octanol–water partition coefficient (Wildman–Crippen LogP) is 6.77. The van der Waals surface area contributed by atoms with Gasteiger partial charge in [0.2, 0.25) is 5.91 Å². The number of nitrogens with zero attached hydrogens (tertiary/aromatic N) is 3. The van der Waals surface area contributed by atoms with Gasteiger partial charge in [0, 0.05) is 56.2 Å². The van der Waals surface area contributed by atoms with Gasteiger partial charge in [-0.3, -0.25) is 14.9 Å². The third-order valence-corrected chi connectivity index (χ3v) is 7.90. The van der Waals surface area contributed by atoms with Crippen molar-refractivity contribution < 1.29 is 9.18 Å². The summed E-state index contributed by atoms with van der Waals surface area (Å²) in [7, 11) is 0. The first-order valence-corrected chi connectivity index (χ1v) is 12.9. The monoisotopic (exact) mass is 508 g/mol. The van der Waals surface area contributed by atoms with Gasteiger partial charge in [-0.05, 0) is 49.2 Å². The summed E-state index contributed by atoms with van der Waals surface area (Å²) in [6, 6.07) is 15.2. The van der Waals surface area contributed by atoms with Crippen LogP contribution in [0.2, 0.25) is 0 Å². The standard InChI is InChI=1S/C28H21FN6OS/c29-25-8-7-24(37-25)19-5-2-6-22-20(19)11-23(33-22)26-21-10-17(13-31-27(21)35-34-26)16-9-18(14-30-12-16)32-28(36)15-3-1-4-15/h2,5-15,33H,1,3-4H2,(H,32,36)(H,31,34,35). The predicted molar refractivity (Wildman–Crippen MR) is 144 cm³/mol. The molecule has 9 heteroatoms. The lowest BCUT2D eigenvalue weighted by Gasteiger charge is -2.24. The Bertz CT molecular complexity index is 1800. The fourth-order valence-corrected chi connectivity index (χ4v) is 5.57. The summed E-state index contributed by atoms with van der Waals surface area (Å²) in [4.78, 5) is 25.6. The molecule has 0 unspecified atom stereocenters. The third-order valence-electron chi connectivity index (χ3n) is 6.99. The van der Waals surface area contributed by atoms with E-state index in [1.165, 1.54) is 6.07 Å². The molecule has 1 aliphatic rings. The smallest absolute Gasteiger partial charge is 0.227 e. The average Bonchev–Trinajstić information content (AvgIpc) is 3.60. The highest BCUT2D eigenvalue weighted by atomic mass is 32.1. The Morgan fingerprint density at radius 2 is 1.92 bits per heavy atom. The number of fused-ring (bicyclic) bond motifs is 2. The van der Waals surface area contributed by atoms with Crippen molar-refractivity contribution in [3.05, 3.63) is 72.3 Å². The summed E-state index contributed by atoms with van der Waals surface area (Å²) in [5.41, 5.74) is 6.56. The molecular formula is C28H21FN6OS. The molecule has 0 radical (unpaired) electrons. The Balaban J connectivity index is 1.26. The van der Waals surface area contributed by atoms with Gasteiger partial charge in [-0.15, -0.1) is 11.3 Å². The number of aromatic amines is 2. The van der Waals surface area contributed by atoms with E-state index in [2.05, 4.69) is 30.5 Å². The molecule has 0 saturated heterocycles. The van der Waals surface area contributed by atoms with Crippen molar-refractivity contribution in [3.63, 3.8) is 0 Å². The average molecular weight is 509 g/mol. The van der Waals surface area contributed by atoms with E-state index in [-0.39, 0.29) is 17.0 Å². The number of aromatic nitrogens is 5. The third kappa shape index (κ3) is 3.88. The van der Waals surface area contributed by atoms with E-state index in [1.807, 2.05) is 36.4 Å². The normalized spacial score (nSPS) is 13.8. The molecule has 5 heterocycles. The number of thiophene rings is 1. The second-order valence-corrected chi connectivity index (χ2v) is 10.4. The molecule has 37 heavy (non-hydrogen) atoms. The van der Waals surface area contributed by atoms with Gasteiger partial charge >= 0.3 is 0 Å². The lowest BCUT2D eigenvalue weighted by molar-refractivity contribution is -0.122. The summed E-state index contributed by atoms with van der Waals surface area (Å²) in [5, 5.41) is 12.2. The molecule has 1 aliphatic carbocycles. The molecule has 6 aromatic rings. The van der Waals surface area contributed by atoms with Crippen molar-refractivity contribution in [2.75, 3.05) is 5.32 Å². The highest BCUT2D eigenvalue weighted by Crippen LogP contribution is 2.37. The number of nitrogens with one attached hydrogen (secondary N) is 3. The number of amides is 1. The number of carbonyl (C=O) groups is 1. The van der Waals surface area contributed by atoms with Crippen LogP contribution in [0.5, 0.6) is 0 Å². The van der Waals surface area contributed by atoms with E-state index in [4.69, 9.17) is 0 Å². The van der Waals surface area contributed by atoms with Gasteiger partial charge in [0.15, 0.2) is 10.8 Å². The number of hydrogen-bond acceptors (Lipinski definition) is 5. The van der Waals surface area contributed by atoms with Gasteiger partial charge < -0.3 is 10.3 Å². The van der Waals surface area contributed by atoms with E-state index in [1.54, 1.807) is 24.7 Å². The Hall–Kier alpha value is -4.37. The van der Waals surface area contributed by atoms with Gasteiger partial charge in [0.05, 0.1) is 17.6 Å². The van der Waals surface area contributed by atoms with Crippen molar-refractivity contribution in [3.8, 4) is 33.0 Å². The van der Waals surface area contributed by atoms with Crippen LogP contribution in [0.15, 0.2) is 67.1 Å². The molecule has 1 aromatic carbocycles. The van der Waals surface area contributed by atoms with Crippen LogP contribution in [0, 0.1) is 11.0 Å². The molecule has 7 rings (SSSR count). The van der Waals surface area contributed by atoms with Crippen LogP contribution in [-0.4, -0.2) is 31.1 Å². The highest BCUT2D eigenvalue weighted by Gasteiger charge is 2.25. The molecule has 1 saturated carbocycles. The van der Waals surface area contributed by atoms with Crippen molar-refractivity contribution in [2.24, 2.45) is 5.92 Å². The summed E-state index contributed by atoms with van der Waals surface area (Å²) in [6.45, 7) is 0. The van der Waals surface area contributed by atoms with Crippen LogP contribution in [-0.2, 0) is 4.79 Å². The van der Waals surface area contributed by atoms with Gasteiger partial charge in [0.25, 0.3) is 0 Å². The maximum absolute atomic E-state index is 13.7. The molecule has 0 aliphatic heterocycles. The number of pyridine rings is 2. The SMILES string of the molecule is O=C(Nc1cncc(-c2cnc3[nH]nc(-c4cc5c(-c6ccc(F)s6)cccc5[nH]4)c3c2)c1)C1CCC1. The van der Waals surface area contributed by atoms with E-state index in [0.29, 0.717) is 11.3 Å². The summed E-state index contributed by atoms with van der Waals surface area (Å²) >= 11 is 1.13. The zero-order valence-corrected chi connectivity index (χ0v) is 20.4. The van der Waals surface area contributed by atoms with Crippen LogP contribution in [0.4, 0.5) is 10.1 Å². The molecule has 3 N–H and O–H groups in total. The van der Waals surface area contributed by atoms with Gasteiger partial charge in [-0.1, -0.05) is 18.6 Å². The number of benzene rings is 1. The summed E-state index contributed by atoms with van der Waals surface area (Å²) in [5.74, 6) is 0.158. The Morgan fingerprint density at radius 3 is 2.73 bits per heavy atom. The molecular weight excluding hydrogens is 487 g/mol. The van der Waals surface area contributed by atoms with Crippen molar-refractivity contribution in [1.29, 1.82) is 0 Å². The maximum atomic E-state index is 13.7. The molecule has 1 fully saturated rings. The number of halogens is 1. The van der Waals surface area contributed by atoms with E-state index in [9.17, 15) is 9.18 Å². The molecule has 7 nitrogen and oxygen atoms in total. The lowest BCUT2D eigenvalue weighted by Crippen LogP contribution is -2.28. The fraction of sp³-hybridized carbons (Fsp3) is 0.143. The van der Waals surface area contributed by atoms with Gasteiger partial charge in [-0.25, -0.2) is 4.98 Å². The second-order valence-electron chi connectivity index (χ2n) is 9.33. The minimum atomic E-state index is -0.208. The molecule has 0 spiro atoms. The fourth-order valence-electron chi connectivity index (χ4n) is 4.80. The number of rotatable bonds is 5. The van der Waals surface area contributed by atoms with Crippen LogP contribution >= 0.6 is 11.3 Å². The Kier molecular flexibility index (Phi) is 5.10. The number of anilines is 1. The minimum Gasteiger partial charge on any atom is -0.353 e. The lowest BCUT2D eigenvalue weighted by atomic mass is 9.85. The number of H-pyrrole nitrogens is 2. The first-order chi connectivity index (χ1) is 18.1. The highest BCUT2D eigenvalue weighted by molar-refractivity contribution is 7.14. The first-order valence-electron chi connectivity index (χ1n) is 12.1. The van der Waals surface area contributed by atoms with Gasteiger partial charge in [0.1, 0.15) is 5.69 Å². The Labute approximate surface area is 214 Å². The topological polar surface area (TPSA) is 99.3 Å². The molecule has 0 bridgehead atoms. The van der Waals surface area contributed by atoms with Crippen molar-refractivity contribution in [2.45, 2.75) is 19.3 Å². The van der Waals surface area contributed by atoms with Crippen LogP contribution in [0.1, 0.15) is 19.3 Å². The second kappa shape index (κ2) is 8.63. The zero-order chi connectivity index (χ0) is 24.9. The van der Waals surface area contributed by atoms with Crippen LogP contribution in [0.25, 0.3) is 54.9 Å². The van der Waals surface area contributed by atoms with Gasteiger partial charge in [-0.2, -0.15) is 9.49 Å². The quantitative estimate of drug-likeness (QED) is 0.239. The van der Waals surface area contributed by atoms with Crippen LogP contribution in [0.3, 0.4) is 0 Å². The van der Waals surface area contributed by atoms with Crippen molar-refractivity contribution >= 4 is 44.9 Å². The molecule has 1 amide bonds. The number of hydrogen-bond donors (Lipinski definition) is 3. The number of carbonyl (C=O) groups excluding carboxylic acids is 1. The minimum absolute atomic E-state index is 0.0550. The first kappa shape index (κ1) is 21.9. The summed E-state index contributed by atoms with van der Waals surface area (Å²) in [6.07, 6.45) is 8.20. The van der Waals surface area contributed by atoms with Crippen molar-refractivity contribution in [1.82, 2.24) is 25.1 Å². The zero-order valence-electron chi connectivity index (χ0n) is 19.6. The molecule has 5 aromatic heterocycles.